The van der Waals surface area contributed by atoms with E-state index in [-0.39, 0.29) is 19.1 Å². The maximum atomic E-state index is 12.4. The Kier molecular flexibility index (Phi) is 7.75. The summed E-state index contributed by atoms with van der Waals surface area (Å²) in [5.74, 6) is 0.474. The summed E-state index contributed by atoms with van der Waals surface area (Å²) in [5, 5.41) is 0. The highest BCUT2D eigenvalue weighted by atomic mass is 16.6. The van der Waals surface area contributed by atoms with Crippen LogP contribution in [0.4, 0.5) is 0 Å². The molecule has 1 fully saturated rings. The van der Waals surface area contributed by atoms with E-state index in [2.05, 4.69) is 24.3 Å². The summed E-state index contributed by atoms with van der Waals surface area (Å²) in [5.41, 5.74) is 3.53. The number of piperidine rings is 1. The van der Waals surface area contributed by atoms with Gasteiger partial charge in [-0.25, -0.2) is 4.79 Å². The molecule has 3 aromatic carbocycles. The Labute approximate surface area is 194 Å². The first-order valence-electron chi connectivity index (χ1n) is 11.4. The van der Waals surface area contributed by atoms with Crippen molar-refractivity contribution in [2.45, 2.75) is 19.3 Å². The molecule has 5 heteroatoms. The first kappa shape index (κ1) is 22.6. The molecule has 4 rings (SSSR count). The SMILES string of the molecule is O=C(COc1ccc(-c2ccccc2)cc1)OCC(=O)N1CCC(Cc2ccccc2)CC1. The average Bonchev–Trinajstić information content (AvgIpc) is 2.88. The summed E-state index contributed by atoms with van der Waals surface area (Å²) in [6.45, 7) is 0.950. The van der Waals surface area contributed by atoms with Crippen LogP contribution in [-0.4, -0.2) is 43.1 Å². The Hall–Kier alpha value is -3.60. The third kappa shape index (κ3) is 6.69. The van der Waals surface area contributed by atoms with Crippen LogP contribution >= 0.6 is 0 Å². The Morgan fingerprint density at radius 2 is 1.36 bits per heavy atom. The maximum Gasteiger partial charge on any atom is 0.344 e. The number of rotatable bonds is 8. The first-order chi connectivity index (χ1) is 16.2. The van der Waals surface area contributed by atoms with Crippen LogP contribution < -0.4 is 4.74 Å². The lowest BCUT2D eigenvalue weighted by molar-refractivity contribution is -0.154. The van der Waals surface area contributed by atoms with Crippen LogP contribution in [0.15, 0.2) is 84.9 Å². The highest BCUT2D eigenvalue weighted by molar-refractivity contribution is 5.81. The van der Waals surface area contributed by atoms with Gasteiger partial charge in [0.1, 0.15) is 5.75 Å². The molecule has 0 saturated carbocycles. The molecule has 1 aliphatic rings. The van der Waals surface area contributed by atoms with E-state index in [9.17, 15) is 9.59 Å². The molecule has 0 radical (unpaired) electrons. The van der Waals surface area contributed by atoms with Gasteiger partial charge in [0.15, 0.2) is 13.2 Å². The van der Waals surface area contributed by atoms with Crippen molar-refractivity contribution in [1.82, 2.24) is 4.90 Å². The lowest BCUT2D eigenvalue weighted by Crippen LogP contribution is -2.41. The third-order valence-electron chi connectivity index (χ3n) is 6.01. The lowest BCUT2D eigenvalue weighted by atomic mass is 9.90. The summed E-state index contributed by atoms with van der Waals surface area (Å²) in [7, 11) is 0. The van der Waals surface area contributed by atoms with Gasteiger partial charge in [-0.1, -0.05) is 72.8 Å². The summed E-state index contributed by atoms with van der Waals surface area (Å²) in [4.78, 5) is 26.2. The van der Waals surface area contributed by atoms with E-state index in [0.29, 0.717) is 24.8 Å². The fraction of sp³-hybridized carbons (Fsp3) is 0.286. The molecule has 5 nitrogen and oxygen atoms in total. The number of benzene rings is 3. The van der Waals surface area contributed by atoms with Gasteiger partial charge in [0, 0.05) is 13.1 Å². The zero-order valence-electron chi connectivity index (χ0n) is 18.7. The number of nitrogens with zero attached hydrogens (tertiary/aromatic N) is 1. The van der Waals surface area contributed by atoms with Crippen molar-refractivity contribution < 1.29 is 19.1 Å². The maximum absolute atomic E-state index is 12.4. The van der Waals surface area contributed by atoms with Crippen LogP contribution in [0.2, 0.25) is 0 Å². The van der Waals surface area contributed by atoms with Crippen molar-refractivity contribution in [3.05, 3.63) is 90.5 Å². The predicted molar refractivity (Wildman–Crippen MR) is 128 cm³/mol. The van der Waals surface area contributed by atoms with Crippen LogP contribution in [0.1, 0.15) is 18.4 Å². The number of amides is 1. The van der Waals surface area contributed by atoms with Crippen LogP contribution in [0.25, 0.3) is 11.1 Å². The predicted octanol–water partition coefficient (Wildman–Crippen LogP) is 4.76. The second-order valence-corrected chi connectivity index (χ2v) is 8.35. The molecule has 1 heterocycles. The molecule has 33 heavy (non-hydrogen) atoms. The van der Waals surface area contributed by atoms with Gasteiger partial charge in [0.25, 0.3) is 5.91 Å². The van der Waals surface area contributed by atoms with Gasteiger partial charge in [-0.15, -0.1) is 0 Å². The minimum atomic E-state index is -0.547. The number of hydrogen-bond donors (Lipinski definition) is 0. The van der Waals surface area contributed by atoms with Crippen LogP contribution in [-0.2, 0) is 20.7 Å². The van der Waals surface area contributed by atoms with E-state index in [1.165, 1.54) is 5.56 Å². The van der Waals surface area contributed by atoms with Gasteiger partial charge in [-0.2, -0.15) is 0 Å². The van der Waals surface area contributed by atoms with E-state index >= 15 is 0 Å². The minimum Gasteiger partial charge on any atom is -0.482 e. The average molecular weight is 444 g/mol. The Morgan fingerprint density at radius 1 is 0.758 bits per heavy atom. The van der Waals surface area contributed by atoms with Crippen molar-refractivity contribution >= 4 is 11.9 Å². The van der Waals surface area contributed by atoms with Crippen LogP contribution in [0.5, 0.6) is 5.75 Å². The molecule has 0 unspecified atom stereocenters. The van der Waals surface area contributed by atoms with Gasteiger partial charge in [0.2, 0.25) is 0 Å². The number of carbonyl (C=O) groups is 2. The summed E-state index contributed by atoms with van der Waals surface area (Å²) >= 11 is 0. The van der Waals surface area contributed by atoms with Gasteiger partial charge >= 0.3 is 5.97 Å². The van der Waals surface area contributed by atoms with Crippen LogP contribution in [0, 0.1) is 5.92 Å². The number of likely N-dealkylation sites (tertiary alicyclic amines) is 1. The Bertz CT molecular complexity index is 1030. The Balaban J connectivity index is 1.15. The van der Waals surface area contributed by atoms with Crippen molar-refractivity contribution in [2.75, 3.05) is 26.3 Å². The lowest BCUT2D eigenvalue weighted by Gasteiger charge is -2.32. The molecule has 1 saturated heterocycles. The smallest absolute Gasteiger partial charge is 0.344 e. The van der Waals surface area contributed by atoms with E-state index in [1.807, 2.05) is 60.7 Å². The molecule has 0 atom stereocenters. The second kappa shape index (κ2) is 11.3. The molecule has 0 aromatic heterocycles. The second-order valence-electron chi connectivity index (χ2n) is 8.35. The highest BCUT2D eigenvalue weighted by Crippen LogP contribution is 2.23. The van der Waals surface area contributed by atoms with Gasteiger partial charge in [-0.3, -0.25) is 4.79 Å². The molecule has 0 bridgehead atoms. The van der Waals surface area contributed by atoms with Gasteiger partial charge in [-0.05, 0) is 54.0 Å². The quantitative estimate of drug-likeness (QED) is 0.471. The minimum absolute atomic E-state index is 0.145. The largest absolute Gasteiger partial charge is 0.482 e. The summed E-state index contributed by atoms with van der Waals surface area (Å²) in [6.07, 6.45) is 2.98. The summed E-state index contributed by atoms with van der Waals surface area (Å²) in [6, 6.07) is 28.0. The van der Waals surface area contributed by atoms with Crippen molar-refractivity contribution in [2.24, 2.45) is 5.92 Å². The van der Waals surface area contributed by atoms with Crippen molar-refractivity contribution in [1.29, 1.82) is 0 Å². The molecular weight excluding hydrogens is 414 g/mol. The highest BCUT2D eigenvalue weighted by Gasteiger charge is 2.23. The monoisotopic (exact) mass is 443 g/mol. The number of hydrogen-bond acceptors (Lipinski definition) is 4. The number of esters is 1. The van der Waals surface area contributed by atoms with E-state index in [4.69, 9.17) is 9.47 Å². The molecule has 0 spiro atoms. The van der Waals surface area contributed by atoms with E-state index in [0.717, 1.165) is 30.4 Å². The number of carbonyl (C=O) groups excluding carboxylic acids is 2. The van der Waals surface area contributed by atoms with Gasteiger partial charge in [0.05, 0.1) is 0 Å². The molecule has 0 N–H and O–H groups in total. The van der Waals surface area contributed by atoms with Crippen molar-refractivity contribution in [3.63, 3.8) is 0 Å². The number of ether oxygens (including phenoxy) is 2. The molecule has 1 aliphatic heterocycles. The molecule has 0 aliphatic carbocycles. The zero-order valence-corrected chi connectivity index (χ0v) is 18.7. The Morgan fingerprint density at radius 3 is 2.03 bits per heavy atom. The van der Waals surface area contributed by atoms with Crippen molar-refractivity contribution in [3.8, 4) is 16.9 Å². The van der Waals surface area contributed by atoms with Crippen LogP contribution in [0.3, 0.4) is 0 Å². The normalized spacial score (nSPS) is 14.0. The third-order valence-corrected chi connectivity index (χ3v) is 6.01. The zero-order chi connectivity index (χ0) is 22.9. The molecular formula is C28H29NO4. The fourth-order valence-corrected chi connectivity index (χ4v) is 4.13. The first-order valence-corrected chi connectivity index (χ1v) is 11.4. The summed E-state index contributed by atoms with van der Waals surface area (Å²) < 4.78 is 10.6. The fourth-order valence-electron chi connectivity index (χ4n) is 4.13. The van der Waals surface area contributed by atoms with Gasteiger partial charge < -0.3 is 14.4 Å². The van der Waals surface area contributed by atoms with E-state index < -0.39 is 5.97 Å². The molecule has 170 valence electrons. The molecule has 1 amide bonds. The van der Waals surface area contributed by atoms with E-state index in [1.54, 1.807) is 4.90 Å². The molecule has 3 aromatic rings. The topological polar surface area (TPSA) is 55.8 Å². The standard InChI is InChI=1S/C28H29NO4/c30-27(29-17-15-23(16-18-29)19-22-7-3-1-4-8-22)20-33-28(31)21-32-26-13-11-25(12-14-26)24-9-5-2-6-10-24/h1-14,23H,15-21H2.